The lowest BCUT2D eigenvalue weighted by atomic mass is 9.98. The topological polar surface area (TPSA) is 64.8 Å². The Bertz CT molecular complexity index is 569. The van der Waals surface area contributed by atoms with Gasteiger partial charge >= 0.3 is 5.97 Å². The van der Waals surface area contributed by atoms with E-state index in [2.05, 4.69) is 0 Å². The molecule has 1 aromatic carbocycles. The van der Waals surface area contributed by atoms with E-state index >= 15 is 0 Å². The van der Waals surface area contributed by atoms with E-state index in [1.807, 2.05) is 36.9 Å². The van der Waals surface area contributed by atoms with Crippen molar-refractivity contribution in [1.82, 2.24) is 0 Å². The molecule has 0 radical (unpaired) electrons. The Morgan fingerprint density at radius 3 is 2.83 bits per heavy atom. The summed E-state index contributed by atoms with van der Waals surface area (Å²) < 4.78 is 11.6. The Kier molecular flexibility index (Phi) is 4.64. The number of carbonyl (C=O) groups is 1. The van der Waals surface area contributed by atoms with Crippen LogP contribution in [0.3, 0.4) is 0 Å². The van der Waals surface area contributed by atoms with Crippen LogP contribution in [0.1, 0.15) is 46.0 Å². The predicted octanol–water partition coefficient (Wildman–Crippen LogP) is 3.12. The number of anilines is 2. The third kappa shape index (κ3) is 3.54. The second kappa shape index (κ2) is 6.69. The van der Waals surface area contributed by atoms with E-state index < -0.39 is 0 Å². The van der Waals surface area contributed by atoms with Gasteiger partial charge in [-0.2, -0.15) is 0 Å². The molecule has 0 spiro atoms. The molecule has 1 aliphatic carbocycles. The van der Waals surface area contributed by atoms with Crippen LogP contribution in [0.2, 0.25) is 0 Å². The molecule has 2 unspecified atom stereocenters. The summed E-state index contributed by atoms with van der Waals surface area (Å²) in [6.07, 6.45) is 5.63. The number of hydrogen-bond acceptors (Lipinski definition) is 5. The standard InChI is InChI=1S/C18H26N2O3/c1-12-11-20(16-10-14(19)8-9-17(16)22-12)13(2)18(21)23-15-6-4-3-5-7-15/h8-10,12-13,15H,3-7,11,19H2,1-2H3. The quantitative estimate of drug-likeness (QED) is 0.685. The van der Waals surface area contributed by atoms with Crippen molar-refractivity contribution < 1.29 is 14.3 Å². The van der Waals surface area contributed by atoms with Crippen molar-refractivity contribution >= 4 is 17.3 Å². The van der Waals surface area contributed by atoms with Gasteiger partial charge in [-0.15, -0.1) is 0 Å². The third-order valence-corrected chi connectivity index (χ3v) is 4.72. The molecule has 23 heavy (non-hydrogen) atoms. The van der Waals surface area contributed by atoms with Gasteiger partial charge < -0.3 is 20.1 Å². The zero-order valence-electron chi connectivity index (χ0n) is 14.0. The SMILES string of the molecule is CC1CN(C(C)C(=O)OC2CCCCC2)c2cc(N)ccc2O1. The zero-order valence-corrected chi connectivity index (χ0v) is 14.0. The van der Waals surface area contributed by atoms with Crippen molar-refractivity contribution in [2.75, 3.05) is 17.2 Å². The van der Waals surface area contributed by atoms with Gasteiger partial charge in [0.1, 0.15) is 24.0 Å². The van der Waals surface area contributed by atoms with Gasteiger partial charge in [-0.1, -0.05) is 6.42 Å². The molecule has 2 atom stereocenters. The molecule has 1 fully saturated rings. The zero-order chi connectivity index (χ0) is 16.4. The largest absolute Gasteiger partial charge is 0.487 e. The van der Waals surface area contributed by atoms with Crippen LogP contribution in [0, 0.1) is 0 Å². The smallest absolute Gasteiger partial charge is 0.328 e. The Balaban J connectivity index is 1.74. The van der Waals surface area contributed by atoms with E-state index in [4.69, 9.17) is 15.2 Å². The number of nitrogens with zero attached hydrogens (tertiary/aromatic N) is 1. The fourth-order valence-electron chi connectivity index (χ4n) is 3.43. The number of nitrogens with two attached hydrogens (primary N) is 1. The molecule has 5 nitrogen and oxygen atoms in total. The summed E-state index contributed by atoms with van der Waals surface area (Å²) in [5.41, 5.74) is 7.44. The minimum atomic E-state index is -0.344. The Morgan fingerprint density at radius 1 is 1.35 bits per heavy atom. The lowest BCUT2D eigenvalue weighted by Crippen LogP contribution is -2.48. The normalized spacial score (nSPS) is 22.9. The van der Waals surface area contributed by atoms with Crippen molar-refractivity contribution in [3.63, 3.8) is 0 Å². The van der Waals surface area contributed by atoms with Crippen molar-refractivity contribution in [3.05, 3.63) is 18.2 Å². The molecule has 2 aliphatic rings. The minimum Gasteiger partial charge on any atom is -0.487 e. The molecule has 1 heterocycles. The van der Waals surface area contributed by atoms with E-state index in [-0.39, 0.29) is 24.2 Å². The number of benzene rings is 1. The van der Waals surface area contributed by atoms with Crippen molar-refractivity contribution in [2.24, 2.45) is 0 Å². The summed E-state index contributed by atoms with van der Waals surface area (Å²) in [7, 11) is 0. The van der Waals surface area contributed by atoms with E-state index in [0.717, 1.165) is 37.1 Å². The lowest BCUT2D eigenvalue weighted by Gasteiger charge is -2.38. The van der Waals surface area contributed by atoms with Crippen LogP contribution in [0.4, 0.5) is 11.4 Å². The molecule has 0 saturated heterocycles. The van der Waals surface area contributed by atoms with Gasteiger partial charge in [-0.05, 0) is 57.7 Å². The van der Waals surface area contributed by atoms with Gasteiger partial charge in [-0.3, -0.25) is 0 Å². The van der Waals surface area contributed by atoms with Crippen molar-refractivity contribution in [2.45, 2.75) is 64.2 Å². The third-order valence-electron chi connectivity index (χ3n) is 4.72. The van der Waals surface area contributed by atoms with Gasteiger partial charge in [0.25, 0.3) is 0 Å². The highest BCUT2D eigenvalue weighted by Gasteiger charge is 2.32. The van der Waals surface area contributed by atoms with Crippen LogP contribution < -0.4 is 15.4 Å². The van der Waals surface area contributed by atoms with Gasteiger partial charge in [0.05, 0.1) is 12.2 Å². The number of rotatable bonds is 3. The first kappa shape index (κ1) is 16.0. The summed E-state index contributed by atoms with van der Waals surface area (Å²) in [5.74, 6) is 0.620. The molecule has 1 saturated carbocycles. The first-order valence-corrected chi connectivity index (χ1v) is 8.58. The summed E-state index contributed by atoms with van der Waals surface area (Å²) >= 11 is 0. The van der Waals surface area contributed by atoms with Gasteiger partial charge in [0.15, 0.2) is 0 Å². The number of ether oxygens (including phenoxy) is 2. The second-order valence-corrected chi connectivity index (χ2v) is 6.68. The number of esters is 1. The molecule has 0 bridgehead atoms. The molecule has 0 aromatic heterocycles. The Labute approximate surface area is 137 Å². The number of nitrogen functional groups attached to an aromatic ring is 1. The molecule has 1 aliphatic heterocycles. The molecular weight excluding hydrogens is 292 g/mol. The first-order chi connectivity index (χ1) is 11.0. The summed E-state index contributed by atoms with van der Waals surface area (Å²) in [6.45, 7) is 4.55. The van der Waals surface area contributed by atoms with E-state index in [1.165, 1.54) is 6.42 Å². The van der Waals surface area contributed by atoms with E-state index in [9.17, 15) is 4.79 Å². The monoisotopic (exact) mass is 318 g/mol. The fraction of sp³-hybridized carbons (Fsp3) is 0.611. The predicted molar refractivity (Wildman–Crippen MR) is 90.7 cm³/mol. The number of carbonyl (C=O) groups excluding carboxylic acids is 1. The summed E-state index contributed by atoms with van der Waals surface area (Å²) in [5, 5.41) is 0. The first-order valence-electron chi connectivity index (χ1n) is 8.58. The van der Waals surface area contributed by atoms with E-state index in [0.29, 0.717) is 12.2 Å². The van der Waals surface area contributed by atoms with Gasteiger partial charge in [0.2, 0.25) is 0 Å². The highest BCUT2D eigenvalue weighted by Crippen LogP contribution is 2.36. The molecule has 3 rings (SSSR count). The molecular formula is C18H26N2O3. The number of fused-ring (bicyclic) bond motifs is 1. The highest BCUT2D eigenvalue weighted by atomic mass is 16.5. The molecule has 2 N–H and O–H groups in total. The summed E-state index contributed by atoms with van der Waals surface area (Å²) in [6, 6.07) is 5.21. The fourth-order valence-corrected chi connectivity index (χ4v) is 3.43. The van der Waals surface area contributed by atoms with E-state index in [1.54, 1.807) is 0 Å². The van der Waals surface area contributed by atoms with Gasteiger partial charge in [0, 0.05) is 5.69 Å². The molecule has 126 valence electrons. The maximum absolute atomic E-state index is 12.6. The Morgan fingerprint density at radius 2 is 2.09 bits per heavy atom. The average molecular weight is 318 g/mol. The molecule has 1 aromatic rings. The minimum absolute atomic E-state index is 0.0241. The van der Waals surface area contributed by atoms with Crippen molar-refractivity contribution in [1.29, 1.82) is 0 Å². The van der Waals surface area contributed by atoms with Crippen LogP contribution in [0.15, 0.2) is 18.2 Å². The molecule has 5 heteroatoms. The second-order valence-electron chi connectivity index (χ2n) is 6.68. The number of hydrogen-bond donors (Lipinski definition) is 1. The Hall–Kier alpha value is -1.91. The maximum Gasteiger partial charge on any atom is 0.328 e. The average Bonchev–Trinajstić information content (AvgIpc) is 2.54. The van der Waals surface area contributed by atoms with Crippen LogP contribution in [0.25, 0.3) is 0 Å². The van der Waals surface area contributed by atoms with Crippen LogP contribution >= 0.6 is 0 Å². The highest BCUT2D eigenvalue weighted by molar-refractivity contribution is 5.82. The molecule has 0 amide bonds. The van der Waals surface area contributed by atoms with Crippen LogP contribution in [0.5, 0.6) is 5.75 Å². The summed E-state index contributed by atoms with van der Waals surface area (Å²) in [4.78, 5) is 14.6. The van der Waals surface area contributed by atoms with Crippen LogP contribution in [-0.4, -0.2) is 30.8 Å². The van der Waals surface area contributed by atoms with Crippen LogP contribution in [-0.2, 0) is 9.53 Å². The maximum atomic E-state index is 12.6. The lowest BCUT2D eigenvalue weighted by molar-refractivity contribution is -0.151. The van der Waals surface area contributed by atoms with Crippen molar-refractivity contribution in [3.8, 4) is 5.75 Å². The van der Waals surface area contributed by atoms with Gasteiger partial charge in [-0.25, -0.2) is 4.79 Å².